The van der Waals surface area contributed by atoms with Crippen LogP contribution in [-0.2, 0) is 16.4 Å². The molecule has 1 atom stereocenters. The number of aryl methyl sites for hydroxylation is 1. The standard InChI is InChI=1S/C12H22N2O2S/c1-10(13)11-6-5-7-14(11)8-9-17(15,16)12(2,3)4/h5-7,10H,8-9,13H2,1-4H3. The van der Waals surface area contributed by atoms with E-state index in [-0.39, 0.29) is 11.8 Å². The highest BCUT2D eigenvalue weighted by Crippen LogP contribution is 2.17. The van der Waals surface area contributed by atoms with Gasteiger partial charge in [-0.3, -0.25) is 0 Å². The molecule has 17 heavy (non-hydrogen) atoms. The van der Waals surface area contributed by atoms with Crippen molar-refractivity contribution in [2.45, 2.75) is 45.0 Å². The van der Waals surface area contributed by atoms with Crippen LogP contribution in [0.1, 0.15) is 39.4 Å². The van der Waals surface area contributed by atoms with Gasteiger partial charge in [0.05, 0.1) is 10.5 Å². The Bertz CT molecular complexity index is 467. The Labute approximate surface area is 104 Å². The highest BCUT2D eigenvalue weighted by molar-refractivity contribution is 7.92. The lowest BCUT2D eigenvalue weighted by Gasteiger charge is -2.20. The van der Waals surface area contributed by atoms with E-state index in [2.05, 4.69) is 0 Å². The fraction of sp³-hybridized carbons (Fsp3) is 0.667. The van der Waals surface area contributed by atoms with Gasteiger partial charge in [0.1, 0.15) is 0 Å². The van der Waals surface area contributed by atoms with Crippen molar-refractivity contribution in [3.63, 3.8) is 0 Å². The summed E-state index contributed by atoms with van der Waals surface area (Å²) in [7, 11) is -3.08. The van der Waals surface area contributed by atoms with Crippen molar-refractivity contribution in [2.24, 2.45) is 5.73 Å². The molecule has 0 fully saturated rings. The van der Waals surface area contributed by atoms with Gasteiger partial charge < -0.3 is 10.3 Å². The first-order chi connectivity index (χ1) is 7.65. The average Bonchev–Trinajstić information content (AvgIpc) is 2.60. The van der Waals surface area contributed by atoms with E-state index in [1.54, 1.807) is 20.8 Å². The monoisotopic (exact) mass is 258 g/mol. The molecule has 1 rings (SSSR count). The van der Waals surface area contributed by atoms with E-state index < -0.39 is 14.6 Å². The third-order valence-corrected chi connectivity index (χ3v) is 5.45. The summed E-state index contributed by atoms with van der Waals surface area (Å²) in [5.74, 6) is 0.144. The van der Waals surface area contributed by atoms with Gasteiger partial charge in [-0.1, -0.05) is 0 Å². The molecular weight excluding hydrogens is 236 g/mol. The Morgan fingerprint density at radius 1 is 1.41 bits per heavy atom. The van der Waals surface area contributed by atoms with Gasteiger partial charge in [0.25, 0.3) is 0 Å². The van der Waals surface area contributed by atoms with Gasteiger partial charge in [0, 0.05) is 24.5 Å². The summed E-state index contributed by atoms with van der Waals surface area (Å²) in [6, 6.07) is 3.74. The Morgan fingerprint density at radius 2 is 2.00 bits per heavy atom. The molecule has 1 aromatic rings. The Morgan fingerprint density at radius 3 is 2.47 bits per heavy atom. The zero-order valence-electron chi connectivity index (χ0n) is 11.0. The molecule has 0 spiro atoms. The first kappa shape index (κ1) is 14.3. The maximum Gasteiger partial charge on any atom is 0.156 e. The molecule has 0 aliphatic carbocycles. The fourth-order valence-electron chi connectivity index (χ4n) is 1.57. The summed E-state index contributed by atoms with van der Waals surface area (Å²) in [6.45, 7) is 7.53. The predicted molar refractivity (Wildman–Crippen MR) is 70.6 cm³/mol. The minimum Gasteiger partial charge on any atom is -0.349 e. The second-order valence-electron chi connectivity index (χ2n) is 5.35. The van der Waals surface area contributed by atoms with Crippen LogP contribution in [0, 0.1) is 0 Å². The molecule has 1 heterocycles. The van der Waals surface area contributed by atoms with Crippen LogP contribution >= 0.6 is 0 Å². The van der Waals surface area contributed by atoms with E-state index in [0.29, 0.717) is 6.54 Å². The first-order valence-electron chi connectivity index (χ1n) is 5.78. The third-order valence-electron chi connectivity index (χ3n) is 2.87. The number of sulfone groups is 1. The van der Waals surface area contributed by atoms with Crippen molar-refractivity contribution in [3.05, 3.63) is 24.0 Å². The number of hydrogen-bond acceptors (Lipinski definition) is 3. The zero-order chi connectivity index (χ0) is 13.3. The van der Waals surface area contributed by atoms with Crippen LogP contribution < -0.4 is 5.73 Å². The van der Waals surface area contributed by atoms with E-state index >= 15 is 0 Å². The molecule has 98 valence electrons. The zero-order valence-corrected chi connectivity index (χ0v) is 11.8. The molecule has 1 unspecified atom stereocenters. The van der Waals surface area contributed by atoms with Crippen molar-refractivity contribution in [3.8, 4) is 0 Å². The summed E-state index contributed by atoms with van der Waals surface area (Å²) in [6.07, 6.45) is 1.87. The van der Waals surface area contributed by atoms with Crippen LogP contribution in [0.2, 0.25) is 0 Å². The molecule has 1 aromatic heterocycles. The largest absolute Gasteiger partial charge is 0.349 e. The molecule has 0 aliphatic rings. The van der Waals surface area contributed by atoms with Gasteiger partial charge in [-0.05, 0) is 39.8 Å². The quantitative estimate of drug-likeness (QED) is 0.894. The molecular formula is C12H22N2O2S. The van der Waals surface area contributed by atoms with Gasteiger partial charge in [-0.15, -0.1) is 0 Å². The van der Waals surface area contributed by atoms with Gasteiger partial charge in [-0.25, -0.2) is 8.42 Å². The smallest absolute Gasteiger partial charge is 0.156 e. The third kappa shape index (κ3) is 3.33. The Hall–Kier alpha value is -0.810. The molecule has 0 amide bonds. The molecule has 4 nitrogen and oxygen atoms in total. The summed E-state index contributed by atoms with van der Waals surface area (Å²) in [4.78, 5) is 0. The van der Waals surface area contributed by atoms with Crippen molar-refractivity contribution in [1.29, 1.82) is 0 Å². The number of hydrogen-bond donors (Lipinski definition) is 1. The van der Waals surface area contributed by atoms with Gasteiger partial charge in [0.2, 0.25) is 0 Å². The lowest BCUT2D eigenvalue weighted by atomic mass is 10.2. The van der Waals surface area contributed by atoms with Crippen molar-refractivity contribution in [1.82, 2.24) is 4.57 Å². The number of nitrogens with zero attached hydrogens (tertiary/aromatic N) is 1. The number of aromatic nitrogens is 1. The van der Waals surface area contributed by atoms with Gasteiger partial charge in [0.15, 0.2) is 9.84 Å². The molecule has 0 bridgehead atoms. The van der Waals surface area contributed by atoms with Crippen molar-refractivity contribution >= 4 is 9.84 Å². The average molecular weight is 258 g/mol. The summed E-state index contributed by atoms with van der Waals surface area (Å²) in [5.41, 5.74) is 6.78. The van der Waals surface area contributed by atoms with E-state index in [4.69, 9.17) is 5.73 Å². The molecule has 0 radical (unpaired) electrons. The summed E-state index contributed by atoms with van der Waals surface area (Å²) >= 11 is 0. The molecule has 0 aliphatic heterocycles. The number of nitrogens with two attached hydrogens (primary N) is 1. The van der Waals surface area contributed by atoms with Crippen LogP contribution in [0.4, 0.5) is 0 Å². The second kappa shape index (κ2) is 4.82. The van der Waals surface area contributed by atoms with Crippen LogP contribution in [0.3, 0.4) is 0 Å². The SMILES string of the molecule is CC(N)c1cccn1CCS(=O)(=O)C(C)(C)C. The molecule has 2 N–H and O–H groups in total. The minimum atomic E-state index is -3.08. The van der Waals surface area contributed by atoms with Crippen LogP contribution in [0.5, 0.6) is 0 Å². The van der Waals surface area contributed by atoms with Crippen LogP contribution in [0.15, 0.2) is 18.3 Å². The summed E-state index contributed by atoms with van der Waals surface area (Å²) < 4.78 is 25.2. The molecule has 0 aromatic carbocycles. The minimum absolute atomic E-state index is 0.0812. The first-order valence-corrected chi connectivity index (χ1v) is 7.43. The van der Waals surface area contributed by atoms with Crippen molar-refractivity contribution in [2.75, 3.05) is 5.75 Å². The van der Waals surface area contributed by atoms with Gasteiger partial charge in [-0.2, -0.15) is 0 Å². The number of rotatable bonds is 4. The highest BCUT2D eigenvalue weighted by Gasteiger charge is 2.28. The van der Waals surface area contributed by atoms with E-state index in [1.165, 1.54) is 0 Å². The maximum absolute atomic E-state index is 12.0. The van der Waals surface area contributed by atoms with Crippen LogP contribution in [-0.4, -0.2) is 23.5 Å². The van der Waals surface area contributed by atoms with Gasteiger partial charge >= 0.3 is 0 Å². The lowest BCUT2D eigenvalue weighted by Crippen LogP contribution is -2.32. The van der Waals surface area contributed by atoms with E-state index in [0.717, 1.165) is 5.69 Å². The van der Waals surface area contributed by atoms with E-state index in [9.17, 15) is 8.42 Å². The maximum atomic E-state index is 12.0. The second-order valence-corrected chi connectivity index (χ2v) is 8.21. The highest BCUT2D eigenvalue weighted by atomic mass is 32.2. The fourth-order valence-corrected chi connectivity index (χ4v) is 2.62. The normalized spacial score (nSPS) is 14.9. The topological polar surface area (TPSA) is 65.1 Å². The Balaban J connectivity index is 2.79. The molecule has 0 saturated carbocycles. The van der Waals surface area contributed by atoms with Crippen LogP contribution in [0.25, 0.3) is 0 Å². The van der Waals surface area contributed by atoms with E-state index in [1.807, 2.05) is 29.8 Å². The predicted octanol–water partition coefficient (Wildman–Crippen LogP) is 1.72. The molecule has 5 heteroatoms. The lowest BCUT2D eigenvalue weighted by molar-refractivity contribution is 0.551. The van der Waals surface area contributed by atoms with Crippen molar-refractivity contribution < 1.29 is 8.42 Å². The Kier molecular flexibility index (Phi) is 4.04. The summed E-state index contributed by atoms with van der Waals surface area (Å²) in [5, 5.41) is 0. The molecule has 0 saturated heterocycles.